The first-order chi connectivity index (χ1) is 18.2. The highest BCUT2D eigenvalue weighted by Gasteiger charge is 2.32. The summed E-state index contributed by atoms with van der Waals surface area (Å²) in [5.41, 5.74) is 3.66. The molecule has 6 heteroatoms. The van der Waals surface area contributed by atoms with Crippen molar-refractivity contribution in [3.05, 3.63) is 105 Å². The first kappa shape index (κ1) is 30.7. The van der Waals surface area contributed by atoms with Gasteiger partial charge in [-0.2, -0.15) is 0 Å². The third kappa shape index (κ3) is 9.40. The second-order valence-corrected chi connectivity index (χ2v) is 13.0. The lowest BCUT2D eigenvalue weighted by atomic mass is 9.86. The zero-order valence-electron chi connectivity index (χ0n) is 23.9. The Hall–Kier alpha value is -2.82. The van der Waals surface area contributed by atoms with Crippen molar-refractivity contribution in [1.82, 2.24) is 10.2 Å². The van der Waals surface area contributed by atoms with Crippen LogP contribution in [-0.2, 0) is 34.4 Å². The average Bonchev–Trinajstić information content (AvgIpc) is 2.85. The number of rotatable bonds is 9. The van der Waals surface area contributed by atoms with Crippen LogP contribution in [0.1, 0.15) is 70.2 Å². The highest BCUT2D eigenvalue weighted by molar-refractivity contribution is 6.35. The summed E-state index contributed by atoms with van der Waals surface area (Å²) in [7, 11) is 0. The number of hydrogen-bond acceptors (Lipinski definition) is 2. The van der Waals surface area contributed by atoms with Crippen LogP contribution in [0.4, 0.5) is 0 Å². The van der Waals surface area contributed by atoms with Crippen molar-refractivity contribution in [2.24, 2.45) is 0 Å². The SMILES string of the molecule is CC(C)(C)NC(=O)[C@H](Cc1ccccc1)N(Cc1ccc(Cl)cc1Cl)C(=O)CCc1ccc(C(C)(C)C)cc1. The number of carbonyl (C=O) groups excluding carboxylic acids is 2. The molecule has 0 spiro atoms. The van der Waals surface area contributed by atoms with E-state index >= 15 is 0 Å². The van der Waals surface area contributed by atoms with Gasteiger partial charge in [0.15, 0.2) is 0 Å². The molecule has 3 aromatic carbocycles. The number of nitrogens with one attached hydrogen (secondary N) is 1. The molecule has 0 radical (unpaired) electrons. The zero-order valence-corrected chi connectivity index (χ0v) is 25.4. The Labute approximate surface area is 243 Å². The van der Waals surface area contributed by atoms with Gasteiger partial charge in [-0.3, -0.25) is 9.59 Å². The first-order valence-electron chi connectivity index (χ1n) is 13.4. The van der Waals surface area contributed by atoms with Crippen LogP contribution < -0.4 is 5.32 Å². The highest BCUT2D eigenvalue weighted by Crippen LogP contribution is 2.26. The van der Waals surface area contributed by atoms with Gasteiger partial charge in [0, 0.05) is 35.0 Å². The molecule has 208 valence electrons. The van der Waals surface area contributed by atoms with Crippen molar-refractivity contribution >= 4 is 35.0 Å². The third-order valence-corrected chi connectivity index (χ3v) is 7.16. The van der Waals surface area contributed by atoms with E-state index in [1.165, 1.54) is 5.56 Å². The maximum absolute atomic E-state index is 13.9. The van der Waals surface area contributed by atoms with E-state index in [9.17, 15) is 9.59 Å². The lowest BCUT2D eigenvalue weighted by molar-refractivity contribution is -0.141. The predicted octanol–water partition coefficient (Wildman–Crippen LogP) is 7.78. The van der Waals surface area contributed by atoms with Crippen molar-refractivity contribution in [3.8, 4) is 0 Å². The summed E-state index contributed by atoms with van der Waals surface area (Å²) in [6.07, 6.45) is 1.24. The van der Waals surface area contributed by atoms with E-state index in [1.807, 2.05) is 57.2 Å². The van der Waals surface area contributed by atoms with Gasteiger partial charge >= 0.3 is 0 Å². The fourth-order valence-corrected chi connectivity index (χ4v) is 4.87. The average molecular weight is 568 g/mol. The number of amides is 2. The van der Waals surface area contributed by atoms with Crippen LogP contribution in [0.3, 0.4) is 0 Å². The lowest BCUT2D eigenvalue weighted by Gasteiger charge is -2.34. The van der Waals surface area contributed by atoms with Crippen LogP contribution in [0.25, 0.3) is 0 Å². The molecular weight excluding hydrogens is 527 g/mol. The van der Waals surface area contributed by atoms with Gasteiger partial charge in [-0.1, -0.05) is 105 Å². The van der Waals surface area contributed by atoms with Crippen LogP contribution in [0.15, 0.2) is 72.8 Å². The van der Waals surface area contributed by atoms with E-state index in [4.69, 9.17) is 23.2 Å². The number of hydrogen-bond donors (Lipinski definition) is 1. The summed E-state index contributed by atoms with van der Waals surface area (Å²) < 4.78 is 0. The second kappa shape index (κ2) is 13.0. The molecule has 0 bridgehead atoms. The summed E-state index contributed by atoms with van der Waals surface area (Å²) in [6.45, 7) is 12.6. The van der Waals surface area contributed by atoms with E-state index in [2.05, 4.69) is 50.4 Å². The van der Waals surface area contributed by atoms with Crippen LogP contribution in [-0.4, -0.2) is 28.3 Å². The molecular formula is C33H40Cl2N2O2. The standard InChI is InChI=1S/C33H40Cl2N2O2/c1-32(2,3)26-16-12-23(13-17-26)14-19-30(38)37(22-25-15-18-27(34)21-28(25)35)29(31(39)36-33(4,5)6)20-24-10-8-7-9-11-24/h7-13,15-18,21,29H,14,19-20,22H2,1-6H3,(H,36,39)/t29-/m0/s1. The largest absolute Gasteiger partial charge is 0.350 e. The quantitative estimate of drug-likeness (QED) is 0.287. The van der Waals surface area contributed by atoms with Crippen molar-refractivity contribution in [2.75, 3.05) is 0 Å². The molecule has 0 unspecified atom stereocenters. The van der Waals surface area contributed by atoms with E-state index < -0.39 is 11.6 Å². The molecule has 0 saturated carbocycles. The van der Waals surface area contributed by atoms with E-state index in [-0.39, 0.29) is 30.2 Å². The topological polar surface area (TPSA) is 49.4 Å². The minimum absolute atomic E-state index is 0.0636. The van der Waals surface area contributed by atoms with Crippen LogP contribution in [0, 0.1) is 0 Å². The normalized spacial score (nSPS) is 12.6. The Bertz CT molecular complexity index is 1260. The van der Waals surface area contributed by atoms with Gasteiger partial charge < -0.3 is 10.2 Å². The van der Waals surface area contributed by atoms with Crippen molar-refractivity contribution in [3.63, 3.8) is 0 Å². The van der Waals surface area contributed by atoms with Crippen LogP contribution in [0.5, 0.6) is 0 Å². The molecule has 4 nitrogen and oxygen atoms in total. The Kier molecular flexibility index (Phi) is 10.3. The van der Waals surface area contributed by atoms with Crippen molar-refractivity contribution in [2.45, 2.75) is 84.3 Å². The number of carbonyl (C=O) groups is 2. The fourth-order valence-electron chi connectivity index (χ4n) is 4.41. The number of nitrogens with zero attached hydrogens (tertiary/aromatic N) is 1. The minimum atomic E-state index is -0.714. The molecule has 1 N–H and O–H groups in total. The summed E-state index contributed by atoms with van der Waals surface area (Å²) in [5, 5.41) is 4.08. The van der Waals surface area contributed by atoms with Crippen molar-refractivity contribution in [1.29, 1.82) is 0 Å². The molecule has 0 aliphatic rings. The Morgan fingerprint density at radius 2 is 1.49 bits per heavy atom. The lowest BCUT2D eigenvalue weighted by Crippen LogP contribution is -2.54. The third-order valence-electron chi connectivity index (χ3n) is 6.57. The van der Waals surface area contributed by atoms with Gasteiger partial charge in [-0.05, 0) is 67.0 Å². The molecule has 3 rings (SSSR count). The number of aryl methyl sites for hydroxylation is 1. The van der Waals surface area contributed by atoms with Crippen LogP contribution in [0.2, 0.25) is 10.0 Å². The number of halogens is 2. The Balaban J connectivity index is 1.93. The summed E-state index contributed by atoms with van der Waals surface area (Å²) in [6, 6.07) is 22.7. The monoisotopic (exact) mass is 566 g/mol. The maximum atomic E-state index is 13.9. The first-order valence-corrected chi connectivity index (χ1v) is 14.2. The highest BCUT2D eigenvalue weighted by atomic mass is 35.5. The molecule has 0 aromatic heterocycles. The van der Waals surface area contributed by atoms with Gasteiger partial charge in [0.05, 0.1) is 0 Å². The zero-order chi connectivity index (χ0) is 28.8. The van der Waals surface area contributed by atoms with Crippen molar-refractivity contribution < 1.29 is 9.59 Å². The predicted molar refractivity (Wildman–Crippen MR) is 162 cm³/mol. The van der Waals surface area contributed by atoms with Gasteiger partial charge in [0.2, 0.25) is 11.8 Å². The maximum Gasteiger partial charge on any atom is 0.243 e. The summed E-state index contributed by atoms with van der Waals surface area (Å²) in [4.78, 5) is 29.3. The van der Waals surface area contributed by atoms with Gasteiger partial charge in [0.25, 0.3) is 0 Å². The fraction of sp³-hybridized carbons (Fsp3) is 0.394. The molecule has 0 fully saturated rings. The smallest absolute Gasteiger partial charge is 0.243 e. The molecule has 2 amide bonds. The molecule has 0 aliphatic heterocycles. The molecule has 0 heterocycles. The van der Waals surface area contributed by atoms with Crippen LogP contribution >= 0.6 is 23.2 Å². The Morgan fingerprint density at radius 3 is 2.05 bits per heavy atom. The second-order valence-electron chi connectivity index (χ2n) is 12.1. The summed E-state index contributed by atoms with van der Waals surface area (Å²) in [5.74, 6) is -0.301. The van der Waals surface area contributed by atoms with Gasteiger partial charge in [0.1, 0.15) is 6.04 Å². The molecule has 3 aromatic rings. The summed E-state index contributed by atoms with van der Waals surface area (Å²) >= 11 is 12.7. The van der Waals surface area contributed by atoms with Gasteiger partial charge in [-0.15, -0.1) is 0 Å². The molecule has 39 heavy (non-hydrogen) atoms. The Morgan fingerprint density at radius 1 is 0.846 bits per heavy atom. The van der Waals surface area contributed by atoms with Gasteiger partial charge in [-0.25, -0.2) is 0 Å². The molecule has 0 aliphatic carbocycles. The van der Waals surface area contributed by atoms with E-state index in [1.54, 1.807) is 17.0 Å². The minimum Gasteiger partial charge on any atom is -0.350 e. The van der Waals surface area contributed by atoms with E-state index in [0.29, 0.717) is 22.9 Å². The number of benzene rings is 3. The van der Waals surface area contributed by atoms with E-state index in [0.717, 1.165) is 16.7 Å². The molecule has 1 atom stereocenters. The molecule has 0 saturated heterocycles.